The second kappa shape index (κ2) is 6.73. The largest absolute Gasteiger partial charge is 0.383 e. The van der Waals surface area contributed by atoms with Crippen molar-refractivity contribution in [2.75, 3.05) is 12.3 Å². The molecule has 1 unspecified atom stereocenters. The number of anilines is 1. The van der Waals surface area contributed by atoms with Crippen LogP contribution in [0.2, 0.25) is 0 Å². The van der Waals surface area contributed by atoms with E-state index < -0.39 is 0 Å². The van der Waals surface area contributed by atoms with Crippen LogP contribution >= 0.6 is 0 Å². The number of aromatic nitrogens is 1. The Morgan fingerprint density at radius 3 is 2.71 bits per heavy atom. The topological polar surface area (TPSA) is 86.2 Å². The highest BCUT2D eigenvalue weighted by atomic mass is 16.5. The molecule has 0 saturated heterocycles. The van der Waals surface area contributed by atoms with Crippen molar-refractivity contribution < 1.29 is 4.74 Å². The minimum atomic E-state index is -0.292. The van der Waals surface area contributed by atoms with E-state index in [-0.39, 0.29) is 11.6 Å². The Balaban J connectivity index is 2.38. The minimum absolute atomic E-state index is 0.127. The van der Waals surface area contributed by atoms with Gasteiger partial charge in [-0.25, -0.2) is 10.4 Å². The molecule has 1 fully saturated rings. The maximum atomic E-state index is 6.20. The maximum absolute atomic E-state index is 6.20. The van der Waals surface area contributed by atoms with Crippen molar-refractivity contribution in [3.63, 3.8) is 0 Å². The third-order valence-corrected chi connectivity index (χ3v) is 4.64. The zero-order chi connectivity index (χ0) is 15.5. The number of hydrazine groups is 1. The molecule has 0 aromatic carbocycles. The third kappa shape index (κ3) is 3.36. The van der Waals surface area contributed by atoms with E-state index in [1.54, 1.807) is 6.20 Å². The van der Waals surface area contributed by atoms with Gasteiger partial charge in [-0.3, -0.25) is 5.84 Å². The molecule has 5 nitrogen and oxygen atoms in total. The molecule has 21 heavy (non-hydrogen) atoms. The lowest BCUT2D eigenvalue weighted by molar-refractivity contribution is -0.0976. The molecule has 5 heteroatoms. The van der Waals surface area contributed by atoms with Crippen LogP contribution in [-0.4, -0.2) is 17.2 Å². The number of aryl methyl sites for hydroxylation is 1. The van der Waals surface area contributed by atoms with Crippen LogP contribution in [0.4, 0.5) is 5.82 Å². The summed E-state index contributed by atoms with van der Waals surface area (Å²) in [5.74, 6) is 7.16. The molecular formula is C16H28N4O. The molecule has 5 N–H and O–H groups in total. The first-order chi connectivity index (χ1) is 10.0. The van der Waals surface area contributed by atoms with Gasteiger partial charge >= 0.3 is 0 Å². The fourth-order valence-electron chi connectivity index (χ4n) is 3.41. The summed E-state index contributed by atoms with van der Waals surface area (Å²) >= 11 is 0. The first-order valence-electron chi connectivity index (χ1n) is 7.84. The summed E-state index contributed by atoms with van der Waals surface area (Å²) in [7, 11) is 0. The zero-order valence-electron chi connectivity index (χ0n) is 13.4. The molecule has 1 atom stereocenters. The third-order valence-electron chi connectivity index (χ3n) is 4.64. The predicted octanol–water partition coefficient (Wildman–Crippen LogP) is 2.46. The lowest BCUT2D eigenvalue weighted by Crippen LogP contribution is -2.50. The molecule has 118 valence electrons. The number of nitrogens with zero attached hydrogens (tertiary/aromatic N) is 1. The minimum Gasteiger partial charge on any atom is -0.383 e. The van der Waals surface area contributed by atoms with Gasteiger partial charge in [0.25, 0.3) is 0 Å². The molecule has 0 amide bonds. The molecule has 1 aliphatic carbocycles. The van der Waals surface area contributed by atoms with E-state index in [1.165, 1.54) is 0 Å². The molecule has 1 aromatic rings. The Kier molecular flexibility index (Phi) is 5.19. The number of hydrogen-bond acceptors (Lipinski definition) is 5. The summed E-state index contributed by atoms with van der Waals surface area (Å²) < 4.78 is 6.20. The molecule has 2 rings (SSSR count). The summed E-state index contributed by atoms with van der Waals surface area (Å²) in [4.78, 5) is 4.28. The number of nitrogens with two attached hydrogens (primary N) is 2. The summed E-state index contributed by atoms with van der Waals surface area (Å²) in [6, 6.07) is 1.93. The van der Waals surface area contributed by atoms with Crippen LogP contribution in [0.25, 0.3) is 0 Å². The van der Waals surface area contributed by atoms with Gasteiger partial charge in [0.15, 0.2) is 0 Å². The second-order valence-corrected chi connectivity index (χ2v) is 6.27. The van der Waals surface area contributed by atoms with E-state index in [0.29, 0.717) is 12.4 Å². The van der Waals surface area contributed by atoms with Crippen LogP contribution in [0.1, 0.15) is 56.7 Å². The van der Waals surface area contributed by atoms with Crippen LogP contribution in [0.5, 0.6) is 0 Å². The van der Waals surface area contributed by atoms with Crippen molar-refractivity contribution >= 4 is 5.82 Å². The van der Waals surface area contributed by atoms with Gasteiger partial charge in [-0.05, 0) is 57.1 Å². The van der Waals surface area contributed by atoms with Gasteiger partial charge in [-0.2, -0.15) is 0 Å². The average molecular weight is 292 g/mol. The average Bonchev–Trinajstić information content (AvgIpc) is 2.47. The van der Waals surface area contributed by atoms with Crippen molar-refractivity contribution in [3.05, 3.63) is 23.4 Å². The van der Waals surface area contributed by atoms with Crippen LogP contribution in [0, 0.1) is 12.8 Å². The Morgan fingerprint density at radius 2 is 2.14 bits per heavy atom. The van der Waals surface area contributed by atoms with Crippen LogP contribution in [0.15, 0.2) is 12.3 Å². The molecule has 0 radical (unpaired) electrons. The molecule has 1 heterocycles. The molecule has 1 saturated carbocycles. The Bertz CT molecular complexity index is 469. The highest BCUT2D eigenvalue weighted by Gasteiger charge is 2.43. The van der Waals surface area contributed by atoms with Crippen LogP contribution in [0.3, 0.4) is 0 Å². The van der Waals surface area contributed by atoms with Crippen molar-refractivity contribution in [1.82, 2.24) is 10.4 Å². The van der Waals surface area contributed by atoms with Crippen molar-refractivity contribution in [2.24, 2.45) is 11.8 Å². The number of ether oxygens (including phenoxy) is 1. The van der Waals surface area contributed by atoms with E-state index in [2.05, 4.69) is 23.4 Å². The van der Waals surface area contributed by atoms with Gasteiger partial charge in [-0.15, -0.1) is 0 Å². The van der Waals surface area contributed by atoms with Gasteiger partial charge in [0.2, 0.25) is 0 Å². The molecule has 0 spiro atoms. The fraction of sp³-hybridized carbons (Fsp3) is 0.688. The van der Waals surface area contributed by atoms with Gasteiger partial charge in [0.05, 0.1) is 11.6 Å². The van der Waals surface area contributed by atoms with Gasteiger partial charge < -0.3 is 10.5 Å². The van der Waals surface area contributed by atoms with E-state index in [1.807, 2.05) is 13.8 Å². The number of nitrogen functional groups attached to an aromatic ring is 1. The monoisotopic (exact) mass is 292 g/mol. The lowest BCUT2D eigenvalue weighted by atomic mass is 9.73. The van der Waals surface area contributed by atoms with Gasteiger partial charge in [0.1, 0.15) is 5.82 Å². The smallest absolute Gasteiger partial charge is 0.128 e. The molecule has 1 aromatic heterocycles. The summed E-state index contributed by atoms with van der Waals surface area (Å²) in [6.45, 7) is 7.01. The number of hydrogen-bond donors (Lipinski definition) is 3. The highest BCUT2D eigenvalue weighted by Crippen LogP contribution is 2.44. The van der Waals surface area contributed by atoms with Crippen molar-refractivity contribution in [2.45, 2.75) is 58.1 Å². The summed E-state index contributed by atoms with van der Waals surface area (Å²) in [6.07, 6.45) is 6.06. The quantitative estimate of drug-likeness (QED) is 0.573. The lowest BCUT2D eigenvalue weighted by Gasteiger charge is -2.44. The summed E-state index contributed by atoms with van der Waals surface area (Å²) in [5.41, 5.74) is 10.8. The van der Waals surface area contributed by atoms with E-state index >= 15 is 0 Å². The fourth-order valence-corrected chi connectivity index (χ4v) is 3.41. The number of pyridine rings is 1. The molecule has 0 bridgehead atoms. The van der Waals surface area contributed by atoms with Crippen molar-refractivity contribution in [1.29, 1.82) is 0 Å². The Labute approximate surface area is 127 Å². The SMILES string of the molecule is CCOC1(C(NN)c2cc(C)cnc2N)CCC(C)CC1. The number of rotatable bonds is 5. The van der Waals surface area contributed by atoms with Crippen LogP contribution < -0.4 is 17.0 Å². The molecule has 0 aliphatic heterocycles. The van der Waals surface area contributed by atoms with E-state index in [9.17, 15) is 0 Å². The zero-order valence-corrected chi connectivity index (χ0v) is 13.4. The van der Waals surface area contributed by atoms with E-state index in [0.717, 1.165) is 42.7 Å². The normalized spacial score (nSPS) is 27.5. The van der Waals surface area contributed by atoms with Gasteiger partial charge in [0, 0.05) is 18.4 Å². The first kappa shape index (κ1) is 16.2. The maximum Gasteiger partial charge on any atom is 0.128 e. The highest BCUT2D eigenvalue weighted by molar-refractivity contribution is 5.44. The number of nitrogens with one attached hydrogen (secondary N) is 1. The predicted molar refractivity (Wildman–Crippen MR) is 85.4 cm³/mol. The summed E-state index contributed by atoms with van der Waals surface area (Å²) in [5, 5.41) is 0. The first-order valence-corrected chi connectivity index (χ1v) is 7.84. The molecule has 1 aliphatic rings. The van der Waals surface area contributed by atoms with E-state index in [4.69, 9.17) is 16.3 Å². The standard InChI is InChI=1S/C16H28N4O/c1-4-21-16(7-5-11(2)6-8-16)14(20-18)13-9-12(3)10-19-15(13)17/h9-11,14,20H,4-8,18H2,1-3H3,(H2,17,19). The Morgan fingerprint density at radius 1 is 1.48 bits per heavy atom. The van der Waals surface area contributed by atoms with Crippen LogP contribution in [-0.2, 0) is 4.74 Å². The Hall–Kier alpha value is -1.17. The van der Waals surface area contributed by atoms with Crippen molar-refractivity contribution in [3.8, 4) is 0 Å². The second-order valence-electron chi connectivity index (χ2n) is 6.27. The molecular weight excluding hydrogens is 264 g/mol. The van der Waals surface area contributed by atoms with Gasteiger partial charge in [-0.1, -0.05) is 6.92 Å².